The van der Waals surface area contributed by atoms with Gasteiger partial charge in [0.15, 0.2) is 0 Å². The number of fused-ring (bicyclic) bond motifs is 2. The molecule has 0 saturated carbocycles. The number of rotatable bonds is 3. The van der Waals surface area contributed by atoms with E-state index >= 15 is 0 Å². The van der Waals surface area contributed by atoms with Crippen molar-refractivity contribution in [2.45, 2.75) is 0 Å². The molecule has 0 unspecified atom stereocenters. The minimum atomic E-state index is -0.0460. The summed E-state index contributed by atoms with van der Waals surface area (Å²) in [5, 5.41) is 0. The molecule has 2 heterocycles. The lowest BCUT2D eigenvalue weighted by atomic mass is 10.1. The second kappa shape index (κ2) is 9.67. The van der Waals surface area contributed by atoms with Gasteiger partial charge in [-0.25, -0.2) is 0 Å². The predicted molar refractivity (Wildman–Crippen MR) is 128 cm³/mol. The zero-order valence-electron chi connectivity index (χ0n) is 18.0. The molecule has 5 rings (SSSR count). The quantitative estimate of drug-likeness (QED) is 0.407. The molecule has 1 fully saturated rings. The minimum Gasteiger partial charge on any atom is -1.00 e. The molecule has 1 saturated heterocycles. The molecule has 0 aromatic heterocycles. The first-order valence-electron chi connectivity index (χ1n) is 10.2. The van der Waals surface area contributed by atoms with Crippen molar-refractivity contribution in [3.63, 3.8) is 0 Å². The number of hydrogen-bond acceptors (Lipinski definition) is 5. The van der Waals surface area contributed by atoms with Gasteiger partial charge in [0.05, 0.1) is 0 Å². The normalized spacial score (nSPS) is 13.6. The third kappa shape index (κ3) is 4.47. The van der Waals surface area contributed by atoms with Gasteiger partial charge < -0.3 is 31.5 Å². The van der Waals surface area contributed by atoms with E-state index in [-0.39, 0.29) is 30.2 Å². The molecule has 3 aliphatic rings. The van der Waals surface area contributed by atoms with E-state index in [1.165, 1.54) is 5.69 Å². The van der Waals surface area contributed by atoms with Gasteiger partial charge in [-0.05, 0) is 18.2 Å². The van der Waals surface area contributed by atoms with Crippen LogP contribution in [0.2, 0.25) is 0 Å². The van der Waals surface area contributed by atoms with Gasteiger partial charge in [0.2, 0.25) is 16.9 Å². The molecular weight excluding hydrogens is 447 g/mol. The minimum absolute atomic E-state index is 0. The lowest BCUT2D eigenvalue weighted by Gasteiger charge is -2.37. The van der Waals surface area contributed by atoms with E-state index < -0.39 is 0 Å². The average molecular weight is 473 g/mol. The molecule has 0 spiro atoms. The summed E-state index contributed by atoms with van der Waals surface area (Å²) in [4.78, 5) is 22.7. The summed E-state index contributed by atoms with van der Waals surface area (Å²) in [6, 6.07) is 20.1. The second-order valence-corrected chi connectivity index (χ2v) is 7.93. The second-order valence-electron chi connectivity index (χ2n) is 7.93. The number of anilines is 3. The Morgan fingerprint density at radius 2 is 1.53 bits per heavy atom. The largest absolute Gasteiger partial charge is 1.00 e. The van der Waals surface area contributed by atoms with Crippen molar-refractivity contribution in [1.82, 2.24) is 0 Å². The summed E-state index contributed by atoms with van der Waals surface area (Å²) in [6.45, 7) is 3.57. The van der Waals surface area contributed by atoms with Crippen molar-refractivity contribution < 1.29 is 21.8 Å². The molecule has 0 amide bonds. The van der Waals surface area contributed by atoms with Crippen LogP contribution >= 0.6 is 12.4 Å². The molecule has 2 aromatic rings. The average Bonchev–Trinajstić information content (AvgIpc) is 2.78. The van der Waals surface area contributed by atoms with Crippen molar-refractivity contribution in [2.75, 3.05) is 55.0 Å². The van der Waals surface area contributed by atoms with E-state index in [0.29, 0.717) is 11.5 Å². The van der Waals surface area contributed by atoms with Crippen LogP contribution in [0.15, 0.2) is 69.9 Å². The zero-order chi connectivity index (χ0) is 20.7. The summed E-state index contributed by atoms with van der Waals surface area (Å²) < 4.78 is 6.14. The number of aromatic nitrogens is 1. The highest BCUT2D eigenvalue weighted by Gasteiger charge is 2.24. The lowest BCUT2D eigenvalue weighted by molar-refractivity contribution is -0.335. The van der Waals surface area contributed by atoms with Crippen LogP contribution in [0.25, 0.3) is 22.6 Å². The molecule has 1 N–H and O–H groups in total. The van der Waals surface area contributed by atoms with Crippen LogP contribution in [0.4, 0.5) is 17.1 Å². The maximum atomic E-state index is 12.8. The van der Waals surface area contributed by atoms with Crippen molar-refractivity contribution in [2.24, 2.45) is 0 Å². The number of halogens is 2. The van der Waals surface area contributed by atoms with Gasteiger partial charge in [-0.3, -0.25) is 4.79 Å². The van der Waals surface area contributed by atoms with Crippen LogP contribution in [-0.4, -0.2) is 40.3 Å². The molecule has 32 heavy (non-hydrogen) atoms. The van der Waals surface area contributed by atoms with E-state index in [4.69, 9.17) is 4.42 Å². The van der Waals surface area contributed by atoms with Crippen LogP contribution in [0.3, 0.4) is 0 Å². The fraction of sp³-hybridized carbons (Fsp3) is 0.250. The Bertz CT molecular complexity index is 1220. The van der Waals surface area contributed by atoms with Gasteiger partial charge in [0.1, 0.15) is 0 Å². The highest BCUT2D eigenvalue weighted by atomic mass is 35.5. The van der Waals surface area contributed by atoms with Crippen LogP contribution in [-0.2, 0) is 0 Å². The Morgan fingerprint density at radius 3 is 2.19 bits per heavy atom. The van der Waals surface area contributed by atoms with Crippen LogP contribution in [0, 0.1) is 0 Å². The standard InChI is InChI=1S/C24H24N4O2.2ClH/c1-26(2)18-8-9-20-22(15-18)30-23-16-19(14-21(29)24(23)25-20)28-12-10-27(11-13-28)17-6-4-3-5-7-17;;/h3-9,14-16H,10-13H2,1-2H3;2*1H. The lowest BCUT2D eigenvalue weighted by Crippen LogP contribution is -3.00. The summed E-state index contributed by atoms with van der Waals surface area (Å²) in [5.41, 5.74) is 5.22. The number of H-pyrrole nitrogens is 1. The van der Waals surface area contributed by atoms with Crippen LogP contribution in [0.5, 0.6) is 0 Å². The van der Waals surface area contributed by atoms with Gasteiger partial charge in [-0.2, -0.15) is 4.98 Å². The predicted octanol–water partition coefficient (Wildman–Crippen LogP) is 0.530. The van der Waals surface area contributed by atoms with E-state index in [9.17, 15) is 4.79 Å². The molecule has 6 nitrogen and oxygen atoms in total. The molecule has 2 aliphatic heterocycles. The number of piperazine rings is 1. The molecule has 0 atom stereocenters. The van der Waals surface area contributed by atoms with E-state index in [2.05, 4.69) is 39.0 Å². The number of aromatic amines is 1. The third-order valence-corrected chi connectivity index (χ3v) is 5.78. The van der Waals surface area contributed by atoms with Gasteiger partial charge >= 0.3 is 0 Å². The molecule has 168 valence electrons. The Kier molecular flexibility index (Phi) is 7.16. The van der Waals surface area contributed by atoms with E-state index in [1.807, 2.05) is 49.3 Å². The highest BCUT2D eigenvalue weighted by Crippen LogP contribution is 2.27. The fourth-order valence-corrected chi connectivity index (χ4v) is 4.05. The molecule has 1 aliphatic carbocycles. The van der Waals surface area contributed by atoms with Crippen LogP contribution in [0.1, 0.15) is 0 Å². The van der Waals surface area contributed by atoms with Gasteiger partial charge in [-0.1, -0.05) is 18.2 Å². The summed E-state index contributed by atoms with van der Waals surface area (Å²) >= 11 is 0. The topological polar surface area (TPSA) is 54.1 Å². The van der Waals surface area contributed by atoms with E-state index in [0.717, 1.165) is 48.7 Å². The first kappa shape index (κ1) is 23.7. The summed E-state index contributed by atoms with van der Waals surface area (Å²) in [7, 11) is 3.99. The first-order valence-corrected chi connectivity index (χ1v) is 10.2. The van der Waals surface area contributed by atoms with Crippen LogP contribution < -0.4 is 37.5 Å². The Balaban J connectivity index is 0.00000144. The Morgan fingerprint density at radius 1 is 0.875 bits per heavy atom. The smallest absolute Gasteiger partial charge is 0.295 e. The van der Waals surface area contributed by atoms with Crippen molar-refractivity contribution in [3.8, 4) is 11.5 Å². The number of para-hydroxylation sites is 1. The van der Waals surface area contributed by atoms with Crippen molar-refractivity contribution in [3.05, 3.63) is 70.9 Å². The number of hydrogen-bond donors (Lipinski definition) is 0. The van der Waals surface area contributed by atoms with Gasteiger partial charge in [-0.15, -0.1) is 12.4 Å². The SMILES string of the molecule is CN(C)c1ccc2[nH+]c3c(=O)cc(N4CCN(c5ccccc5)CC4)cc-3oc2c1.Cl.[Cl-]. The third-order valence-electron chi connectivity index (χ3n) is 5.78. The zero-order valence-corrected chi connectivity index (χ0v) is 19.6. The Labute approximate surface area is 199 Å². The van der Waals surface area contributed by atoms with Crippen molar-refractivity contribution >= 4 is 40.6 Å². The highest BCUT2D eigenvalue weighted by molar-refractivity contribution is 5.85. The molecule has 2 aromatic carbocycles. The Hall–Kier alpha value is -2.96. The monoisotopic (exact) mass is 472 g/mol. The van der Waals surface area contributed by atoms with Gasteiger partial charge in [0.25, 0.3) is 11.1 Å². The summed E-state index contributed by atoms with van der Waals surface area (Å²) in [6.07, 6.45) is 0. The molecule has 0 radical (unpaired) electrons. The number of benzene rings is 3. The van der Waals surface area contributed by atoms with Crippen molar-refractivity contribution in [1.29, 1.82) is 0 Å². The maximum absolute atomic E-state index is 12.8. The van der Waals surface area contributed by atoms with Gasteiger partial charge in [0, 0.05) is 81.6 Å². The number of nitrogens with one attached hydrogen (secondary N) is 1. The molecular formula is C24H26Cl2N4O2. The fourth-order valence-electron chi connectivity index (χ4n) is 4.05. The summed E-state index contributed by atoms with van der Waals surface area (Å²) in [5.74, 6) is 0.589. The molecule has 8 heteroatoms. The number of nitrogens with zero attached hydrogens (tertiary/aromatic N) is 3. The maximum Gasteiger partial charge on any atom is 0.295 e. The first-order chi connectivity index (χ1) is 14.6. The van der Waals surface area contributed by atoms with E-state index in [1.54, 1.807) is 6.07 Å². The molecule has 0 bridgehead atoms.